The quantitative estimate of drug-likeness (QED) is 0.223. The van der Waals surface area contributed by atoms with Crippen LogP contribution in [0.1, 0.15) is 41.5 Å². The van der Waals surface area contributed by atoms with Crippen molar-refractivity contribution in [3.8, 4) is 5.88 Å². The molecule has 2 atom stereocenters. The highest BCUT2D eigenvalue weighted by molar-refractivity contribution is 5.81. The minimum atomic E-state index is 0.243. The molecule has 1 aromatic rings. The molecule has 1 fully saturated rings. The van der Waals surface area contributed by atoms with E-state index in [1.165, 1.54) is 0 Å². The molecule has 0 saturated carbocycles. The number of likely N-dealkylation sites (N-methyl/N-ethyl adjacent to an activating group) is 1. The number of nitrogens with zero attached hydrogens (tertiary/aromatic N) is 5. The first kappa shape index (κ1) is 28.1. The number of nitrogens with one attached hydrogen (secondary N) is 3. The molecule has 3 heterocycles. The fraction of sp³-hybridized carbons (Fsp3) is 0.720. The second-order valence-corrected chi connectivity index (χ2v) is 10.0. The van der Waals surface area contributed by atoms with Gasteiger partial charge in [-0.3, -0.25) is 4.90 Å². The Kier molecular flexibility index (Phi) is 10.7. The molecular formula is C25H44N8O3. The number of hydrogen-bond donors (Lipinski definition) is 3. The number of amidine groups is 1. The molecule has 1 aromatic heterocycles. The summed E-state index contributed by atoms with van der Waals surface area (Å²) in [6.45, 7) is 17.9. The van der Waals surface area contributed by atoms with E-state index in [1.807, 2.05) is 19.0 Å². The number of aliphatic imine (C=N–C) groups is 1. The van der Waals surface area contributed by atoms with Crippen LogP contribution in [0.15, 0.2) is 22.9 Å². The first-order valence-corrected chi connectivity index (χ1v) is 13.0. The summed E-state index contributed by atoms with van der Waals surface area (Å²) < 4.78 is 11.4. The van der Waals surface area contributed by atoms with E-state index in [0.717, 1.165) is 38.6 Å². The molecule has 36 heavy (non-hydrogen) atoms. The predicted octanol–water partition coefficient (Wildman–Crippen LogP) is 2.57. The Morgan fingerprint density at radius 1 is 1.19 bits per heavy atom. The van der Waals surface area contributed by atoms with Gasteiger partial charge < -0.3 is 25.1 Å². The molecule has 2 unspecified atom stereocenters. The van der Waals surface area contributed by atoms with Gasteiger partial charge in [-0.25, -0.2) is 10.4 Å². The van der Waals surface area contributed by atoms with Gasteiger partial charge in [0.15, 0.2) is 5.82 Å². The number of anilines is 1. The third-order valence-corrected chi connectivity index (χ3v) is 6.35. The predicted molar refractivity (Wildman–Crippen MR) is 142 cm³/mol. The Morgan fingerprint density at radius 2 is 1.94 bits per heavy atom. The molecule has 2 aliphatic rings. The van der Waals surface area contributed by atoms with Gasteiger partial charge in [0.2, 0.25) is 11.8 Å². The number of ether oxygens (including phenoxy) is 2. The van der Waals surface area contributed by atoms with Gasteiger partial charge in [0.25, 0.3) is 0 Å². The number of hydrogen-bond acceptors (Lipinski definition) is 10. The number of hydrazine groups is 1. The Hall–Kier alpha value is -2.47. The van der Waals surface area contributed by atoms with Crippen molar-refractivity contribution in [2.24, 2.45) is 16.8 Å². The van der Waals surface area contributed by atoms with Crippen molar-refractivity contribution in [3.63, 3.8) is 0 Å². The zero-order valence-corrected chi connectivity index (χ0v) is 22.9. The lowest BCUT2D eigenvalue weighted by atomic mass is 10.0. The van der Waals surface area contributed by atoms with Gasteiger partial charge in [0.1, 0.15) is 18.2 Å². The van der Waals surface area contributed by atoms with Crippen LogP contribution in [0.2, 0.25) is 0 Å². The van der Waals surface area contributed by atoms with Crippen molar-refractivity contribution in [1.82, 2.24) is 30.8 Å². The maximum atomic E-state index is 6.01. The Bertz CT molecular complexity index is 886. The van der Waals surface area contributed by atoms with Crippen molar-refractivity contribution in [1.29, 1.82) is 0 Å². The second kappa shape index (κ2) is 13.7. The van der Waals surface area contributed by atoms with Gasteiger partial charge in [-0.15, -0.1) is 5.06 Å². The van der Waals surface area contributed by atoms with Gasteiger partial charge >= 0.3 is 0 Å². The van der Waals surface area contributed by atoms with E-state index in [2.05, 4.69) is 76.7 Å². The van der Waals surface area contributed by atoms with Crippen LogP contribution in [0.5, 0.6) is 5.88 Å². The topological polar surface area (TPSA) is 108 Å². The van der Waals surface area contributed by atoms with Gasteiger partial charge in [0.05, 0.1) is 25.8 Å². The SMILES string of the molecule is C/C(=N\c1cc(OCCN2CCOCC2)nc(NCC2=CC(C(C)C)N(C)O2)n1)NNC(C)C(C)C. The summed E-state index contributed by atoms with van der Waals surface area (Å²) in [5.74, 6) is 3.92. The van der Waals surface area contributed by atoms with Crippen LogP contribution in [0.4, 0.5) is 11.8 Å². The summed E-state index contributed by atoms with van der Waals surface area (Å²) in [5, 5.41) is 5.15. The summed E-state index contributed by atoms with van der Waals surface area (Å²) in [7, 11) is 1.95. The highest BCUT2D eigenvalue weighted by Gasteiger charge is 2.26. The molecule has 2 aliphatic heterocycles. The Morgan fingerprint density at radius 3 is 2.61 bits per heavy atom. The highest BCUT2D eigenvalue weighted by atomic mass is 16.7. The Balaban J connectivity index is 1.67. The number of rotatable bonds is 12. The third-order valence-electron chi connectivity index (χ3n) is 6.35. The molecule has 11 nitrogen and oxygen atoms in total. The number of morpholine rings is 1. The monoisotopic (exact) mass is 504 g/mol. The molecule has 0 amide bonds. The van der Waals surface area contributed by atoms with Crippen molar-refractivity contribution in [2.75, 3.05) is 58.4 Å². The summed E-state index contributed by atoms with van der Waals surface area (Å²) in [4.78, 5) is 22.0. The van der Waals surface area contributed by atoms with Crippen molar-refractivity contribution >= 4 is 17.6 Å². The zero-order valence-electron chi connectivity index (χ0n) is 22.9. The van der Waals surface area contributed by atoms with Crippen LogP contribution < -0.4 is 20.9 Å². The smallest absolute Gasteiger partial charge is 0.228 e. The molecular weight excluding hydrogens is 460 g/mol. The molecule has 0 bridgehead atoms. The highest BCUT2D eigenvalue weighted by Crippen LogP contribution is 2.23. The molecule has 202 valence electrons. The standard InChI is InChI=1S/C25H44N8O3/c1-17(2)19(5)30-31-20(6)27-23-15-24(35-13-10-33-8-11-34-12-9-33)29-25(28-23)26-16-21-14-22(18(3)4)32(7)36-21/h14-15,17-19,22,30H,8-13,16H2,1-7H3,(H2,26,27,28,29,31). The van der Waals surface area contributed by atoms with Gasteiger partial charge in [-0.1, -0.05) is 27.7 Å². The lowest BCUT2D eigenvalue weighted by molar-refractivity contribution is -0.103. The second-order valence-electron chi connectivity index (χ2n) is 10.0. The van der Waals surface area contributed by atoms with Crippen molar-refractivity contribution in [2.45, 2.75) is 53.6 Å². The van der Waals surface area contributed by atoms with Crippen LogP contribution in [0.3, 0.4) is 0 Å². The maximum absolute atomic E-state index is 6.01. The molecule has 0 aliphatic carbocycles. The van der Waals surface area contributed by atoms with Crippen LogP contribution in [0.25, 0.3) is 0 Å². The first-order chi connectivity index (χ1) is 17.2. The fourth-order valence-corrected chi connectivity index (χ4v) is 3.75. The van der Waals surface area contributed by atoms with Crippen molar-refractivity contribution in [3.05, 3.63) is 17.9 Å². The third kappa shape index (κ3) is 8.88. The molecule has 0 aromatic carbocycles. The average molecular weight is 505 g/mol. The van der Waals surface area contributed by atoms with Gasteiger partial charge in [0, 0.05) is 38.8 Å². The molecule has 3 rings (SSSR count). The minimum absolute atomic E-state index is 0.243. The summed E-state index contributed by atoms with van der Waals surface area (Å²) in [6, 6.07) is 2.30. The summed E-state index contributed by atoms with van der Waals surface area (Å²) >= 11 is 0. The molecule has 0 spiro atoms. The number of aromatic nitrogens is 2. The van der Waals surface area contributed by atoms with Gasteiger partial charge in [-0.05, 0) is 31.8 Å². The zero-order chi connectivity index (χ0) is 26.1. The maximum Gasteiger partial charge on any atom is 0.228 e. The molecule has 0 radical (unpaired) electrons. The van der Waals surface area contributed by atoms with E-state index in [1.54, 1.807) is 6.07 Å². The summed E-state index contributed by atoms with van der Waals surface area (Å²) in [6.07, 6.45) is 2.13. The lowest BCUT2D eigenvalue weighted by Gasteiger charge is -2.26. The van der Waals surface area contributed by atoms with E-state index in [-0.39, 0.29) is 6.04 Å². The van der Waals surface area contributed by atoms with Crippen LogP contribution in [-0.4, -0.2) is 90.9 Å². The molecule has 11 heteroatoms. The minimum Gasteiger partial charge on any atom is -0.476 e. The van der Waals surface area contributed by atoms with E-state index in [9.17, 15) is 0 Å². The van der Waals surface area contributed by atoms with E-state index < -0.39 is 0 Å². The van der Waals surface area contributed by atoms with Crippen LogP contribution in [0, 0.1) is 11.8 Å². The number of hydroxylamine groups is 2. The van der Waals surface area contributed by atoms with E-state index in [4.69, 9.17) is 14.3 Å². The van der Waals surface area contributed by atoms with Crippen LogP contribution in [-0.2, 0) is 9.57 Å². The first-order valence-electron chi connectivity index (χ1n) is 13.0. The normalized spacial score (nSPS) is 20.4. The lowest BCUT2D eigenvalue weighted by Crippen LogP contribution is -2.44. The van der Waals surface area contributed by atoms with E-state index in [0.29, 0.717) is 54.5 Å². The summed E-state index contributed by atoms with van der Waals surface area (Å²) in [5.41, 5.74) is 6.43. The molecule has 3 N–H and O–H groups in total. The molecule has 1 saturated heterocycles. The van der Waals surface area contributed by atoms with E-state index >= 15 is 0 Å². The van der Waals surface area contributed by atoms with Crippen LogP contribution >= 0.6 is 0 Å². The largest absolute Gasteiger partial charge is 0.476 e. The van der Waals surface area contributed by atoms with Gasteiger partial charge in [-0.2, -0.15) is 9.97 Å². The fourth-order valence-electron chi connectivity index (χ4n) is 3.75. The van der Waals surface area contributed by atoms with Crippen molar-refractivity contribution < 1.29 is 14.3 Å². The average Bonchev–Trinajstić information content (AvgIpc) is 3.22. The Labute approximate surface area is 215 Å².